The Labute approximate surface area is 82.5 Å². The van der Waals surface area contributed by atoms with E-state index in [-0.39, 0.29) is 0 Å². The number of unbranched alkanes of at least 4 members (excludes halogenated alkanes) is 1. The number of hydrogen-bond donors (Lipinski definition) is 1. The number of hydrogen-bond acceptors (Lipinski definition) is 2. The van der Waals surface area contributed by atoms with Crippen LogP contribution in [0.4, 0.5) is 0 Å². The summed E-state index contributed by atoms with van der Waals surface area (Å²) in [5, 5.41) is 0. The van der Waals surface area contributed by atoms with Crippen LogP contribution < -0.4 is 5.73 Å². The van der Waals surface area contributed by atoms with Crippen molar-refractivity contribution in [3.8, 4) is 0 Å². The summed E-state index contributed by atoms with van der Waals surface area (Å²) in [4.78, 5) is 2.59. The molecule has 78 valence electrons. The Morgan fingerprint density at radius 1 is 1.46 bits per heavy atom. The molecule has 2 atom stereocenters. The van der Waals surface area contributed by atoms with E-state index in [4.69, 9.17) is 5.73 Å². The van der Waals surface area contributed by atoms with Gasteiger partial charge in [0.1, 0.15) is 0 Å². The van der Waals surface area contributed by atoms with E-state index in [1.807, 2.05) is 0 Å². The molecule has 1 aliphatic rings. The predicted molar refractivity (Wildman–Crippen MR) is 57.7 cm³/mol. The highest BCUT2D eigenvalue weighted by molar-refractivity contribution is 4.82. The van der Waals surface area contributed by atoms with Gasteiger partial charge in [0.15, 0.2) is 0 Å². The fourth-order valence-electron chi connectivity index (χ4n) is 2.35. The zero-order valence-electron chi connectivity index (χ0n) is 9.13. The summed E-state index contributed by atoms with van der Waals surface area (Å²) < 4.78 is 0. The van der Waals surface area contributed by atoms with Crippen LogP contribution in [0.5, 0.6) is 0 Å². The molecule has 1 fully saturated rings. The smallest absolute Gasteiger partial charge is 0.0243 e. The van der Waals surface area contributed by atoms with Crippen LogP contribution in [0.15, 0.2) is 0 Å². The molecule has 1 rings (SSSR count). The van der Waals surface area contributed by atoms with E-state index in [9.17, 15) is 0 Å². The minimum Gasteiger partial charge on any atom is -0.329 e. The molecule has 0 saturated carbocycles. The summed E-state index contributed by atoms with van der Waals surface area (Å²) in [7, 11) is 0. The maximum Gasteiger partial charge on any atom is 0.0243 e. The van der Waals surface area contributed by atoms with E-state index < -0.39 is 0 Å². The lowest BCUT2D eigenvalue weighted by Gasteiger charge is -2.39. The van der Waals surface area contributed by atoms with Crippen molar-refractivity contribution in [2.24, 2.45) is 11.7 Å². The van der Waals surface area contributed by atoms with Gasteiger partial charge in [-0.05, 0) is 38.3 Å². The van der Waals surface area contributed by atoms with Crippen molar-refractivity contribution in [1.82, 2.24) is 4.90 Å². The Morgan fingerprint density at radius 2 is 2.23 bits per heavy atom. The van der Waals surface area contributed by atoms with Crippen molar-refractivity contribution >= 4 is 0 Å². The standard InChI is InChI=1S/C11H24N2/c1-3-4-7-13-8-5-6-10(2)11(13)9-12/h10-11H,3-9,12H2,1-2H3. The lowest BCUT2D eigenvalue weighted by atomic mass is 9.90. The normalized spacial score (nSPS) is 30.7. The molecule has 1 heterocycles. The van der Waals surface area contributed by atoms with Crippen molar-refractivity contribution in [1.29, 1.82) is 0 Å². The molecular formula is C11H24N2. The molecule has 2 nitrogen and oxygen atoms in total. The second-order valence-corrected chi connectivity index (χ2v) is 4.31. The highest BCUT2D eigenvalue weighted by Crippen LogP contribution is 2.22. The summed E-state index contributed by atoms with van der Waals surface area (Å²) >= 11 is 0. The average molecular weight is 184 g/mol. The molecule has 1 saturated heterocycles. The monoisotopic (exact) mass is 184 g/mol. The van der Waals surface area contributed by atoms with Crippen LogP contribution in [0.25, 0.3) is 0 Å². The Balaban J connectivity index is 2.39. The van der Waals surface area contributed by atoms with Crippen LogP contribution in [-0.2, 0) is 0 Å². The minimum atomic E-state index is 0.653. The van der Waals surface area contributed by atoms with Gasteiger partial charge in [-0.25, -0.2) is 0 Å². The predicted octanol–water partition coefficient (Wildman–Crippen LogP) is 1.85. The van der Waals surface area contributed by atoms with Crippen molar-refractivity contribution in [2.45, 2.75) is 45.6 Å². The molecule has 0 aromatic rings. The third-order valence-corrected chi connectivity index (χ3v) is 3.27. The van der Waals surface area contributed by atoms with Gasteiger partial charge in [-0.1, -0.05) is 20.3 Å². The molecular weight excluding hydrogens is 160 g/mol. The van der Waals surface area contributed by atoms with Crippen molar-refractivity contribution in [3.05, 3.63) is 0 Å². The Morgan fingerprint density at radius 3 is 2.85 bits per heavy atom. The lowest BCUT2D eigenvalue weighted by Crippen LogP contribution is -2.48. The summed E-state index contributed by atoms with van der Waals surface area (Å²) in [6, 6.07) is 0.653. The Bertz CT molecular complexity index is 136. The van der Waals surface area contributed by atoms with Crippen LogP contribution in [0.2, 0.25) is 0 Å². The molecule has 2 N–H and O–H groups in total. The van der Waals surface area contributed by atoms with E-state index in [1.54, 1.807) is 0 Å². The quantitative estimate of drug-likeness (QED) is 0.722. The van der Waals surface area contributed by atoms with Gasteiger partial charge < -0.3 is 5.73 Å². The first-order valence-corrected chi connectivity index (χ1v) is 5.73. The van der Waals surface area contributed by atoms with Gasteiger partial charge in [-0.15, -0.1) is 0 Å². The molecule has 2 heteroatoms. The minimum absolute atomic E-state index is 0.653. The molecule has 0 bridgehead atoms. The third kappa shape index (κ3) is 2.96. The second kappa shape index (κ2) is 5.61. The molecule has 0 spiro atoms. The van der Waals surface area contributed by atoms with Crippen LogP contribution in [0.1, 0.15) is 39.5 Å². The first kappa shape index (κ1) is 11.0. The number of likely N-dealkylation sites (tertiary alicyclic amines) is 1. The average Bonchev–Trinajstić information content (AvgIpc) is 2.15. The van der Waals surface area contributed by atoms with E-state index in [0.29, 0.717) is 6.04 Å². The Kier molecular flexibility index (Phi) is 4.74. The lowest BCUT2D eigenvalue weighted by molar-refractivity contribution is 0.105. The van der Waals surface area contributed by atoms with Crippen LogP contribution in [0.3, 0.4) is 0 Å². The summed E-state index contributed by atoms with van der Waals surface area (Å²) in [5.41, 5.74) is 5.81. The molecule has 1 aliphatic heterocycles. The molecule has 0 aromatic heterocycles. The van der Waals surface area contributed by atoms with E-state index in [0.717, 1.165) is 12.5 Å². The maximum atomic E-state index is 5.81. The van der Waals surface area contributed by atoms with Gasteiger partial charge in [-0.3, -0.25) is 4.90 Å². The fraction of sp³-hybridized carbons (Fsp3) is 1.00. The first-order chi connectivity index (χ1) is 6.29. The van der Waals surface area contributed by atoms with Crippen LogP contribution in [0, 0.1) is 5.92 Å². The molecule has 2 unspecified atom stereocenters. The van der Waals surface area contributed by atoms with E-state index >= 15 is 0 Å². The molecule has 13 heavy (non-hydrogen) atoms. The van der Waals surface area contributed by atoms with Gasteiger partial charge in [0, 0.05) is 12.6 Å². The Hall–Kier alpha value is -0.0800. The second-order valence-electron chi connectivity index (χ2n) is 4.31. The zero-order valence-corrected chi connectivity index (χ0v) is 9.13. The van der Waals surface area contributed by atoms with Crippen molar-refractivity contribution in [3.63, 3.8) is 0 Å². The van der Waals surface area contributed by atoms with E-state index in [1.165, 1.54) is 38.8 Å². The highest BCUT2D eigenvalue weighted by atomic mass is 15.2. The van der Waals surface area contributed by atoms with Gasteiger partial charge in [0.25, 0.3) is 0 Å². The van der Waals surface area contributed by atoms with Crippen molar-refractivity contribution < 1.29 is 0 Å². The number of piperidine rings is 1. The number of nitrogens with two attached hydrogens (primary N) is 1. The fourth-order valence-corrected chi connectivity index (χ4v) is 2.35. The van der Waals surface area contributed by atoms with Crippen LogP contribution >= 0.6 is 0 Å². The molecule has 0 radical (unpaired) electrons. The van der Waals surface area contributed by atoms with Gasteiger partial charge in [0.2, 0.25) is 0 Å². The zero-order chi connectivity index (χ0) is 9.68. The first-order valence-electron chi connectivity index (χ1n) is 5.73. The molecule has 0 aromatic carbocycles. The van der Waals surface area contributed by atoms with Crippen LogP contribution in [-0.4, -0.2) is 30.6 Å². The van der Waals surface area contributed by atoms with Gasteiger partial charge in [-0.2, -0.15) is 0 Å². The largest absolute Gasteiger partial charge is 0.329 e. The molecule has 0 aliphatic carbocycles. The summed E-state index contributed by atoms with van der Waals surface area (Å²) in [6.07, 6.45) is 5.34. The molecule has 0 amide bonds. The number of rotatable bonds is 4. The van der Waals surface area contributed by atoms with Crippen molar-refractivity contribution in [2.75, 3.05) is 19.6 Å². The third-order valence-electron chi connectivity index (χ3n) is 3.27. The van der Waals surface area contributed by atoms with Gasteiger partial charge in [0.05, 0.1) is 0 Å². The topological polar surface area (TPSA) is 29.3 Å². The van der Waals surface area contributed by atoms with Gasteiger partial charge >= 0.3 is 0 Å². The maximum absolute atomic E-state index is 5.81. The van der Waals surface area contributed by atoms with E-state index in [2.05, 4.69) is 18.7 Å². The summed E-state index contributed by atoms with van der Waals surface area (Å²) in [5.74, 6) is 0.801. The summed E-state index contributed by atoms with van der Waals surface area (Å²) in [6.45, 7) is 7.96. The SMILES string of the molecule is CCCCN1CCCC(C)C1CN. The highest BCUT2D eigenvalue weighted by Gasteiger charge is 2.26. The number of nitrogens with zero attached hydrogens (tertiary/aromatic N) is 1.